The predicted molar refractivity (Wildman–Crippen MR) is 81.5 cm³/mol. The Bertz CT molecular complexity index is 660. The number of benzene rings is 1. The second-order valence-electron chi connectivity index (χ2n) is 6.18. The molecule has 1 aromatic rings. The first-order valence-electron chi connectivity index (χ1n) is 7.39. The van der Waals surface area contributed by atoms with E-state index in [0.717, 1.165) is 12.1 Å². The van der Waals surface area contributed by atoms with Gasteiger partial charge in [-0.3, -0.25) is 4.79 Å². The van der Waals surface area contributed by atoms with Crippen molar-refractivity contribution in [1.82, 2.24) is 4.90 Å². The number of hydrogen-bond donors (Lipinski definition) is 1. The lowest BCUT2D eigenvalue weighted by Crippen LogP contribution is -2.37. The number of carbonyl (C=O) groups excluding carboxylic acids is 2. The number of hydrogen-bond acceptors (Lipinski definition) is 3. The SMILES string of the molecule is COC(=O)C1(C)CCN(C(=O)Nc2cc(C(F)(F)F)ccc2C)C1. The Hall–Kier alpha value is -2.25. The fourth-order valence-corrected chi connectivity index (χ4v) is 2.67. The van der Waals surface area contributed by atoms with Gasteiger partial charge in [-0.05, 0) is 38.0 Å². The van der Waals surface area contributed by atoms with Crippen LogP contribution in [0.3, 0.4) is 0 Å². The molecule has 1 saturated heterocycles. The van der Waals surface area contributed by atoms with E-state index in [4.69, 9.17) is 4.74 Å². The van der Waals surface area contributed by atoms with Crippen molar-refractivity contribution in [2.24, 2.45) is 5.41 Å². The molecule has 1 aliphatic heterocycles. The highest BCUT2D eigenvalue weighted by molar-refractivity contribution is 5.91. The van der Waals surface area contributed by atoms with Crippen molar-refractivity contribution in [2.45, 2.75) is 26.4 Å². The van der Waals surface area contributed by atoms with Crippen molar-refractivity contribution < 1.29 is 27.5 Å². The molecule has 1 aromatic carbocycles. The molecule has 0 aliphatic carbocycles. The first-order valence-corrected chi connectivity index (χ1v) is 7.39. The minimum atomic E-state index is -4.48. The number of amides is 2. The lowest BCUT2D eigenvalue weighted by Gasteiger charge is -2.22. The molecule has 132 valence electrons. The number of likely N-dealkylation sites (tertiary alicyclic amines) is 1. The average molecular weight is 344 g/mol. The zero-order chi connectivity index (χ0) is 18.1. The van der Waals surface area contributed by atoms with Gasteiger partial charge in [0.25, 0.3) is 0 Å². The second-order valence-corrected chi connectivity index (χ2v) is 6.18. The molecule has 1 aliphatic rings. The van der Waals surface area contributed by atoms with Crippen LogP contribution >= 0.6 is 0 Å². The summed E-state index contributed by atoms with van der Waals surface area (Å²) < 4.78 is 43.1. The van der Waals surface area contributed by atoms with Gasteiger partial charge in [-0.1, -0.05) is 6.07 Å². The topological polar surface area (TPSA) is 58.6 Å². The number of halogens is 3. The van der Waals surface area contributed by atoms with Crippen LogP contribution in [0.25, 0.3) is 0 Å². The van der Waals surface area contributed by atoms with Gasteiger partial charge in [-0.15, -0.1) is 0 Å². The van der Waals surface area contributed by atoms with E-state index in [9.17, 15) is 22.8 Å². The third-order valence-corrected chi connectivity index (χ3v) is 4.25. The molecule has 2 rings (SSSR count). The summed E-state index contributed by atoms with van der Waals surface area (Å²) in [6.07, 6.45) is -4.04. The summed E-state index contributed by atoms with van der Waals surface area (Å²) in [5.74, 6) is -0.409. The molecule has 1 atom stereocenters. The third kappa shape index (κ3) is 3.63. The molecule has 1 fully saturated rings. The molecule has 0 bridgehead atoms. The molecule has 0 radical (unpaired) electrons. The number of esters is 1. The van der Waals surface area contributed by atoms with E-state index in [1.54, 1.807) is 13.8 Å². The standard InChI is InChI=1S/C16H19F3N2O3/c1-10-4-5-11(16(17,18)19)8-12(10)20-14(23)21-7-6-15(2,9-21)13(22)24-3/h4-5,8H,6-7,9H2,1-3H3,(H,20,23). The summed E-state index contributed by atoms with van der Waals surface area (Å²) in [7, 11) is 1.28. The summed E-state index contributed by atoms with van der Waals surface area (Å²) in [5.41, 5.74) is -1.01. The minimum Gasteiger partial charge on any atom is -0.469 e. The number of carbonyl (C=O) groups is 2. The maximum atomic E-state index is 12.8. The molecule has 1 heterocycles. The van der Waals surface area contributed by atoms with Crippen molar-refractivity contribution >= 4 is 17.7 Å². The lowest BCUT2D eigenvalue weighted by molar-refractivity contribution is -0.150. The van der Waals surface area contributed by atoms with Crippen LogP contribution < -0.4 is 5.32 Å². The van der Waals surface area contributed by atoms with E-state index in [-0.39, 0.29) is 12.2 Å². The van der Waals surface area contributed by atoms with Crippen LogP contribution in [-0.2, 0) is 15.7 Å². The van der Waals surface area contributed by atoms with Crippen molar-refractivity contribution in [2.75, 3.05) is 25.5 Å². The maximum Gasteiger partial charge on any atom is 0.416 e. The van der Waals surface area contributed by atoms with E-state index in [1.165, 1.54) is 18.1 Å². The molecule has 8 heteroatoms. The van der Waals surface area contributed by atoms with E-state index >= 15 is 0 Å². The predicted octanol–water partition coefficient (Wildman–Crippen LogP) is 3.43. The monoisotopic (exact) mass is 344 g/mol. The maximum absolute atomic E-state index is 12.8. The Morgan fingerprint density at radius 3 is 2.58 bits per heavy atom. The van der Waals surface area contributed by atoms with Gasteiger partial charge in [0.05, 0.1) is 18.1 Å². The van der Waals surface area contributed by atoms with Crippen LogP contribution in [0.2, 0.25) is 0 Å². The highest BCUT2D eigenvalue weighted by Gasteiger charge is 2.43. The average Bonchev–Trinajstić information content (AvgIpc) is 2.91. The number of rotatable bonds is 2. The summed E-state index contributed by atoms with van der Waals surface area (Å²) in [4.78, 5) is 25.5. The molecule has 0 saturated carbocycles. The van der Waals surface area contributed by atoms with Crippen molar-refractivity contribution in [3.8, 4) is 0 Å². The number of aryl methyl sites for hydroxylation is 1. The number of alkyl halides is 3. The van der Waals surface area contributed by atoms with Gasteiger partial charge in [0.15, 0.2) is 0 Å². The van der Waals surface area contributed by atoms with Crippen LogP contribution in [0.1, 0.15) is 24.5 Å². The van der Waals surface area contributed by atoms with Crippen LogP contribution in [0.4, 0.5) is 23.7 Å². The quantitative estimate of drug-likeness (QED) is 0.836. The van der Waals surface area contributed by atoms with Crippen LogP contribution in [0, 0.1) is 12.3 Å². The highest BCUT2D eigenvalue weighted by atomic mass is 19.4. The lowest BCUT2D eigenvalue weighted by atomic mass is 9.90. The van der Waals surface area contributed by atoms with Crippen molar-refractivity contribution in [3.05, 3.63) is 29.3 Å². The third-order valence-electron chi connectivity index (χ3n) is 4.25. The highest BCUT2D eigenvalue weighted by Crippen LogP contribution is 2.34. The summed E-state index contributed by atoms with van der Waals surface area (Å²) in [6.45, 7) is 3.79. The molecular weight excluding hydrogens is 325 g/mol. The van der Waals surface area contributed by atoms with E-state index in [1.807, 2.05) is 0 Å². The molecule has 5 nitrogen and oxygen atoms in total. The van der Waals surface area contributed by atoms with Gasteiger partial charge in [-0.2, -0.15) is 13.2 Å². The molecular formula is C16H19F3N2O3. The summed E-state index contributed by atoms with van der Waals surface area (Å²) >= 11 is 0. The van der Waals surface area contributed by atoms with Gasteiger partial charge in [0.2, 0.25) is 0 Å². The van der Waals surface area contributed by atoms with Gasteiger partial charge < -0.3 is 15.0 Å². The van der Waals surface area contributed by atoms with Gasteiger partial charge >= 0.3 is 18.2 Å². The zero-order valence-electron chi connectivity index (χ0n) is 13.7. The molecule has 24 heavy (non-hydrogen) atoms. The number of ether oxygens (including phenoxy) is 1. The fraction of sp³-hybridized carbons (Fsp3) is 0.500. The van der Waals surface area contributed by atoms with Crippen LogP contribution in [0.5, 0.6) is 0 Å². The van der Waals surface area contributed by atoms with E-state index < -0.39 is 29.2 Å². The zero-order valence-corrected chi connectivity index (χ0v) is 13.7. The molecule has 1 unspecified atom stereocenters. The Morgan fingerprint density at radius 2 is 2.00 bits per heavy atom. The Kier molecular flexibility index (Phi) is 4.77. The Morgan fingerprint density at radius 1 is 1.33 bits per heavy atom. The molecule has 1 N–H and O–H groups in total. The Balaban J connectivity index is 2.12. The van der Waals surface area contributed by atoms with Gasteiger partial charge in [0.1, 0.15) is 0 Å². The van der Waals surface area contributed by atoms with Gasteiger partial charge in [0, 0.05) is 18.8 Å². The first-order chi connectivity index (χ1) is 11.1. The number of anilines is 1. The fourth-order valence-electron chi connectivity index (χ4n) is 2.67. The molecule has 0 spiro atoms. The number of methoxy groups -OCH3 is 1. The Labute approximate surface area is 137 Å². The first kappa shape index (κ1) is 18.1. The number of urea groups is 1. The van der Waals surface area contributed by atoms with Crippen LogP contribution in [-0.4, -0.2) is 37.1 Å². The molecule has 2 amide bonds. The van der Waals surface area contributed by atoms with Crippen molar-refractivity contribution in [1.29, 1.82) is 0 Å². The van der Waals surface area contributed by atoms with Crippen LogP contribution in [0.15, 0.2) is 18.2 Å². The summed E-state index contributed by atoms with van der Waals surface area (Å²) in [6, 6.07) is 2.64. The normalized spacial score (nSPS) is 20.8. The van der Waals surface area contributed by atoms with E-state index in [0.29, 0.717) is 18.5 Å². The van der Waals surface area contributed by atoms with E-state index in [2.05, 4.69) is 5.32 Å². The largest absolute Gasteiger partial charge is 0.469 e. The molecule has 0 aromatic heterocycles. The van der Waals surface area contributed by atoms with Crippen molar-refractivity contribution in [3.63, 3.8) is 0 Å². The summed E-state index contributed by atoms with van der Waals surface area (Å²) in [5, 5.41) is 2.49. The smallest absolute Gasteiger partial charge is 0.416 e. The minimum absolute atomic E-state index is 0.0986. The van der Waals surface area contributed by atoms with Gasteiger partial charge in [-0.25, -0.2) is 4.79 Å². The number of nitrogens with one attached hydrogen (secondary N) is 1. The second kappa shape index (κ2) is 6.33. The number of nitrogens with zero attached hydrogens (tertiary/aromatic N) is 1.